The Morgan fingerprint density at radius 2 is 2.20 bits per heavy atom. The second-order valence-electron chi connectivity index (χ2n) is 3.25. The van der Waals surface area contributed by atoms with Gasteiger partial charge in [0.05, 0.1) is 18.2 Å². The summed E-state index contributed by atoms with van der Waals surface area (Å²) in [4.78, 5) is 2.07. The molecule has 0 aromatic heterocycles. The van der Waals surface area contributed by atoms with Crippen LogP contribution >= 0.6 is 31.9 Å². The third kappa shape index (κ3) is 3.51. The molecule has 2 nitrogen and oxygen atoms in total. The van der Waals surface area contributed by atoms with Crippen LogP contribution in [0.1, 0.15) is 12.0 Å². The van der Waals surface area contributed by atoms with Crippen molar-refractivity contribution in [3.63, 3.8) is 0 Å². The average Bonchev–Trinajstić information content (AvgIpc) is 2.25. The zero-order valence-corrected chi connectivity index (χ0v) is 11.7. The predicted octanol–water partition coefficient (Wildman–Crippen LogP) is 3.69. The second-order valence-corrected chi connectivity index (χ2v) is 4.66. The first-order valence-electron chi connectivity index (χ1n) is 4.61. The zero-order valence-electron chi connectivity index (χ0n) is 8.50. The zero-order chi connectivity index (χ0) is 11.3. The van der Waals surface area contributed by atoms with Gasteiger partial charge in [0, 0.05) is 23.4 Å². The van der Waals surface area contributed by atoms with Crippen LogP contribution in [0.25, 0.3) is 0 Å². The van der Waals surface area contributed by atoms with Gasteiger partial charge in [0.15, 0.2) is 0 Å². The van der Waals surface area contributed by atoms with Crippen molar-refractivity contribution < 1.29 is 0 Å². The number of halogens is 2. The Hall–Kier alpha value is -0.530. The van der Waals surface area contributed by atoms with Crippen LogP contribution in [0.5, 0.6) is 0 Å². The van der Waals surface area contributed by atoms with Crippen molar-refractivity contribution in [3.05, 3.63) is 28.2 Å². The molecular formula is C11H12Br2N2. The Morgan fingerprint density at radius 3 is 2.73 bits per heavy atom. The molecular weight excluding hydrogens is 320 g/mol. The summed E-state index contributed by atoms with van der Waals surface area (Å²) in [6, 6.07) is 8.38. The fourth-order valence-electron chi connectivity index (χ4n) is 1.28. The molecule has 0 aliphatic rings. The quantitative estimate of drug-likeness (QED) is 0.787. The maximum atomic E-state index is 8.52. The summed E-state index contributed by atoms with van der Waals surface area (Å²) in [7, 11) is 1.99. The summed E-state index contributed by atoms with van der Waals surface area (Å²) >= 11 is 6.95. The van der Waals surface area contributed by atoms with E-state index in [1.807, 2.05) is 7.05 Å². The summed E-state index contributed by atoms with van der Waals surface area (Å²) in [6.07, 6.45) is 0.545. The third-order valence-corrected chi connectivity index (χ3v) is 3.42. The minimum Gasteiger partial charge on any atom is -0.373 e. The van der Waals surface area contributed by atoms with E-state index in [2.05, 4.69) is 61.0 Å². The van der Waals surface area contributed by atoms with Crippen molar-refractivity contribution in [1.82, 2.24) is 0 Å². The molecule has 1 rings (SSSR count). The highest BCUT2D eigenvalue weighted by atomic mass is 79.9. The molecule has 15 heavy (non-hydrogen) atoms. The predicted molar refractivity (Wildman–Crippen MR) is 70.3 cm³/mol. The second kappa shape index (κ2) is 6.14. The molecule has 0 bridgehead atoms. The molecule has 1 aromatic rings. The molecule has 0 heterocycles. The van der Waals surface area contributed by atoms with E-state index < -0.39 is 0 Å². The molecule has 0 aliphatic carbocycles. The fourth-order valence-corrected chi connectivity index (χ4v) is 2.36. The molecule has 1 aromatic carbocycles. The Bertz CT molecular complexity index is 371. The van der Waals surface area contributed by atoms with Crippen molar-refractivity contribution in [2.75, 3.05) is 18.5 Å². The Morgan fingerprint density at radius 1 is 1.47 bits per heavy atom. The van der Waals surface area contributed by atoms with Crippen LogP contribution in [0.2, 0.25) is 0 Å². The number of benzene rings is 1. The van der Waals surface area contributed by atoms with Gasteiger partial charge in [-0.1, -0.05) is 22.0 Å². The van der Waals surface area contributed by atoms with E-state index >= 15 is 0 Å². The fraction of sp³-hybridized carbons (Fsp3) is 0.364. The van der Waals surface area contributed by atoms with E-state index in [0.717, 1.165) is 22.0 Å². The number of nitrogens with zero attached hydrogens (tertiary/aromatic N) is 2. The monoisotopic (exact) mass is 330 g/mol. The molecule has 0 unspecified atom stereocenters. The van der Waals surface area contributed by atoms with Crippen LogP contribution < -0.4 is 4.90 Å². The lowest BCUT2D eigenvalue weighted by atomic mass is 10.2. The highest BCUT2D eigenvalue weighted by Crippen LogP contribution is 2.27. The molecule has 0 fully saturated rings. The summed E-state index contributed by atoms with van der Waals surface area (Å²) in [5.74, 6) is 0. The number of nitriles is 1. The van der Waals surface area contributed by atoms with Gasteiger partial charge >= 0.3 is 0 Å². The molecule has 0 saturated carbocycles. The molecule has 0 spiro atoms. The summed E-state index contributed by atoms with van der Waals surface area (Å²) in [6.45, 7) is 0.753. The van der Waals surface area contributed by atoms with E-state index in [0.29, 0.717) is 6.42 Å². The lowest BCUT2D eigenvalue weighted by Gasteiger charge is -2.19. The Kier molecular flexibility index (Phi) is 5.13. The maximum absolute atomic E-state index is 8.52. The topological polar surface area (TPSA) is 27.0 Å². The van der Waals surface area contributed by atoms with Crippen molar-refractivity contribution in [3.8, 4) is 6.07 Å². The maximum Gasteiger partial charge on any atom is 0.0640 e. The number of hydrogen-bond donors (Lipinski definition) is 0. The van der Waals surface area contributed by atoms with Gasteiger partial charge in [-0.2, -0.15) is 5.26 Å². The molecule has 0 saturated heterocycles. The van der Waals surface area contributed by atoms with Crippen LogP contribution in [0.3, 0.4) is 0 Å². The van der Waals surface area contributed by atoms with E-state index in [1.165, 1.54) is 5.56 Å². The standard InChI is InChI=1S/C11H12Br2N2/c1-15(6-2-5-14)11-4-3-9(8-12)7-10(11)13/h3-4,7H,2,6,8H2,1H3. The Balaban J connectivity index is 2.81. The summed E-state index contributed by atoms with van der Waals surface area (Å²) in [5.41, 5.74) is 2.36. The molecule has 0 atom stereocenters. The van der Waals surface area contributed by atoms with Crippen LogP contribution in [0.15, 0.2) is 22.7 Å². The first-order chi connectivity index (χ1) is 7.19. The molecule has 0 N–H and O–H groups in total. The normalized spacial score (nSPS) is 9.73. The van der Waals surface area contributed by atoms with Gasteiger partial charge in [-0.15, -0.1) is 0 Å². The van der Waals surface area contributed by atoms with Crippen molar-refractivity contribution in [2.24, 2.45) is 0 Å². The van der Waals surface area contributed by atoms with Gasteiger partial charge in [-0.3, -0.25) is 0 Å². The van der Waals surface area contributed by atoms with Crippen LogP contribution in [0, 0.1) is 11.3 Å². The minimum absolute atomic E-state index is 0.545. The molecule has 0 amide bonds. The van der Waals surface area contributed by atoms with Gasteiger partial charge < -0.3 is 4.90 Å². The largest absolute Gasteiger partial charge is 0.373 e. The highest BCUT2D eigenvalue weighted by Gasteiger charge is 2.05. The summed E-state index contributed by atoms with van der Waals surface area (Å²) < 4.78 is 1.07. The van der Waals surface area contributed by atoms with E-state index in [9.17, 15) is 0 Å². The van der Waals surface area contributed by atoms with Crippen LogP contribution in [-0.2, 0) is 5.33 Å². The van der Waals surface area contributed by atoms with E-state index in [-0.39, 0.29) is 0 Å². The molecule has 4 heteroatoms. The van der Waals surface area contributed by atoms with Gasteiger partial charge in [0.25, 0.3) is 0 Å². The third-order valence-electron chi connectivity index (χ3n) is 2.14. The molecule has 80 valence electrons. The van der Waals surface area contributed by atoms with E-state index in [4.69, 9.17) is 5.26 Å². The van der Waals surface area contributed by atoms with Crippen molar-refractivity contribution in [1.29, 1.82) is 5.26 Å². The number of anilines is 1. The van der Waals surface area contributed by atoms with Crippen molar-refractivity contribution in [2.45, 2.75) is 11.8 Å². The van der Waals surface area contributed by atoms with Crippen LogP contribution in [0.4, 0.5) is 5.69 Å². The van der Waals surface area contributed by atoms with Gasteiger partial charge in [-0.25, -0.2) is 0 Å². The smallest absolute Gasteiger partial charge is 0.0640 e. The molecule has 0 aliphatic heterocycles. The first kappa shape index (κ1) is 12.5. The lowest BCUT2D eigenvalue weighted by molar-refractivity contribution is 0.902. The van der Waals surface area contributed by atoms with E-state index in [1.54, 1.807) is 0 Å². The first-order valence-corrected chi connectivity index (χ1v) is 6.53. The minimum atomic E-state index is 0.545. The van der Waals surface area contributed by atoms with Gasteiger partial charge in [0.1, 0.15) is 0 Å². The number of rotatable bonds is 4. The van der Waals surface area contributed by atoms with Gasteiger partial charge in [0.2, 0.25) is 0 Å². The average molecular weight is 332 g/mol. The molecule has 0 radical (unpaired) electrons. The highest BCUT2D eigenvalue weighted by molar-refractivity contribution is 9.10. The van der Waals surface area contributed by atoms with Crippen molar-refractivity contribution >= 4 is 37.5 Å². The SMILES string of the molecule is CN(CCC#N)c1ccc(CBr)cc1Br. The van der Waals surface area contributed by atoms with Gasteiger partial charge in [-0.05, 0) is 33.6 Å². The number of alkyl halides is 1. The number of hydrogen-bond acceptors (Lipinski definition) is 2. The van der Waals surface area contributed by atoms with Crippen LogP contribution in [-0.4, -0.2) is 13.6 Å². The Labute approximate surface area is 107 Å². The lowest BCUT2D eigenvalue weighted by Crippen LogP contribution is -2.18. The summed E-state index contributed by atoms with van der Waals surface area (Å²) in [5, 5.41) is 9.37.